The second-order valence-corrected chi connectivity index (χ2v) is 4.40. The minimum atomic E-state index is 0.0425. The number of nitrogens with zero attached hydrogens (tertiary/aromatic N) is 1. The lowest BCUT2D eigenvalue weighted by Crippen LogP contribution is -2.00. The molecule has 0 radical (unpaired) electrons. The molecular weight excluding hydrogens is 182 g/mol. The van der Waals surface area contributed by atoms with Crippen LogP contribution < -0.4 is 0 Å². The molecule has 1 aromatic carbocycles. The van der Waals surface area contributed by atoms with Crippen LogP contribution in [0.15, 0.2) is 30.5 Å². The van der Waals surface area contributed by atoms with E-state index in [1.54, 1.807) is 0 Å². The Morgan fingerprint density at radius 3 is 2.73 bits per heavy atom. The first-order valence-electron chi connectivity index (χ1n) is 5.29. The van der Waals surface area contributed by atoms with Crippen LogP contribution in [-0.2, 0) is 12.5 Å². The van der Waals surface area contributed by atoms with Crippen molar-refractivity contribution in [3.8, 4) is 12.3 Å². The second kappa shape index (κ2) is 2.67. The van der Waals surface area contributed by atoms with Gasteiger partial charge in [-0.1, -0.05) is 24.1 Å². The average Bonchev–Trinajstić information content (AvgIpc) is 3.00. The van der Waals surface area contributed by atoms with E-state index < -0.39 is 0 Å². The molecule has 74 valence electrons. The van der Waals surface area contributed by atoms with Crippen molar-refractivity contribution in [2.24, 2.45) is 7.05 Å². The summed E-state index contributed by atoms with van der Waals surface area (Å²) in [4.78, 5) is 0. The highest BCUT2D eigenvalue weighted by Gasteiger charge is 2.44. The van der Waals surface area contributed by atoms with Gasteiger partial charge < -0.3 is 4.57 Å². The van der Waals surface area contributed by atoms with Gasteiger partial charge in [0.15, 0.2) is 0 Å². The highest BCUT2D eigenvalue weighted by molar-refractivity contribution is 5.86. The first kappa shape index (κ1) is 8.61. The zero-order chi connectivity index (χ0) is 10.5. The minimum absolute atomic E-state index is 0.0425. The largest absolute Gasteiger partial charge is 0.350 e. The monoisotopic (exact) mass is 195 g/mol. The molecule has 1 heterocycles. The third-order valence-electron chi connectivity index (χ3n) is 3.44. The molecule has 0 N–H and O–H groups in total. The van der Waals surface area contributed by atoms with Crippen molar-refractivity contribution in [1.29, 1.82) is 0 Å². The Morgan fingerprint density at radius 1 is 1.33 bits per heavy atom. The number of benzene rings is 1. The van der Waals surface area contributed by atoms with Crippen LogP contribution in [0.4, 0.5) is 0 Å². The van der Waals surface area contributed by atoms with Crippen molar-refractivity contribution < 1.29 is 0 Å². The standard InChI is InChI=1S/C14H13N/c1-3-14(8-9-14)12-10-15(2)13-7-5-4-6-11(12)13/h1,4-7,10H,8-9H2,2H3. The van der Waals surface area contributed by atoms with Crippen molar-refractivity contribution in [3.63, 3.8) is 0 Å². The van der Waals surface area contributed by atoms with Crippen LogP contribution in [0, 0.1) is 12.3 Å². The molecule has 1 nitrogen and oxygen atoms in total. The zero-order valence-electron chi connectivity index (χ0n) is 8.83. The van der Waals surface area contributed by atoms with Gasteiger partial charge >= 0.3 is 0 Å². The van der Waals surface area contributed by atoms with E-state index in [9.17, 15) is 0 Å². The highest BCUT2D eigenvalue weighted by Crippen LogP contribution is 2.50. The van der Waals surface area contributed by atoms with E-state index in [4.69, 9.17) is 6.42 Å². The molecule has 15 heavy (non-hydrogen) atoms. The maximum Gasteiger partial charge on any atom is 0.0582 e. The summed E-state index contributed by atoms with van der Waals surface area (Å²) in [6.45, 7) is 0. The fraction of sp³-hybridized carbons (Fsp3) is 0.286. The van der Waals surface area contributed by atoms with Crippen LogP contribution in [0.1, 0.15) is 18.4 Å². The molecule has 0 atom stereocenters. The van der Waals surface area contributed by atoms with E-state index >= 15 is 0 Å². The first-order valence-corrected chi connectivity index (χ1v) is 5.29. The van der Waals surface area contributed by atoms with Gasteiger partial charge in [0.25, 0.3) is 0 Å². The van der Waals surface area contributed by atoms with Crippen LogP contribution in [0.3, 0.4) is 0 Å². The van der Waals surface area contributed by atoms with Crippen molar-refractivity contribution in [1.82, 2.24) is 4.57 Å². The van der Waals surface area contributed by atoms with E-state index in [2.05, 4.69) is 48.0 Å². The third kappa shape index (κ3) is 1.05. The second-order valence-electron chi connectivity index (χ2n) is 4.40. The minimum Gasteiger partial charge on any atom is -0.350 e. The molecule has 1 aliphatic carbocycles. The fourth-order valence-corrected chi connectivity index (χ4v) is 2.34. The number of terminal acetylenes is 1. The van der Waals surface area contributed by atoms with Gasteiger partial charge in [-0.05, 0) is 24.5 Å². The number of fused-ring (bicyclic) bond motifs is 1. The van der Waals surface area contributed by atoms with E-state index in [1.165, 1.54) is 16.5 Å². The smallest absolute Gasteiger partial charge is 0.0582 e. The Labute approximate surface area is 89.7 Å². The molecular formula is C14H13N. The predicted octanol–water partition coefficient (Wildman–Crippen LogP) is 2.84. The molecule has 1 fully saturated rings. The van der Waals surface area contributed by atoms with Crippen LogP contribution >= 0.6 is 0 Å². The summed E-state index contributed by atoms with van der Waals surface area (Å²) < 4.78 is 2.17. The lowest BCUT2D eigenvalue weighted by molar-refractivity contribution is 0.901. The van der Waals surface area contributed by atoms with Crippen molar-refractivity contribution in [2.45, 2.75) is 18.3 Å². The van der Waals surface area contributed by atoms with Crippen molar-refractivity contribution in [3.05, 3.63) is 36.0 Å². The number of hydrogen-bond donors (Lipinski definition) is 0. The summed E-state index contributed by atoms with van der Waals surface area (Å²) in [5.41, 5.74) is 2.65. The fourth-order valence-electron chi connectivity index (χ4n) is 2.34. The lowest BCUT2D eigenvalue weighted by Gasteiger charge is -2.04. The molecule has 1 aromatic heterocycles. The molecule has 1 aliphatic rings. The van der Waals surface area contributed by atoms with E-state index in [0.717, 1.165) is 12.8 Å². The molecule has 0 bridgehead atoms. The molecule has 1 heteroatoms. The first-order chi connectivity index (χ1) is 7.27. The summed E-state index contributed by atoms with van der Waals surface area (Å²) in [5.74, 6) is 2.96. The summed E-state index contributed by atoms with van der Waals surface area (Å²) in [6.07, 6.45) is 10.1. The van der Waals surface area contributed by atoms with Gasteiger partial charge in [0.2, 0.25) is 0 Å². The third-order valence-corrected chi connectivity index (χ3v) is 3.44. The van der Waals surface area contributed by atoms with Gasteiger partial charge in [-0.2, -0.15) is 0 Å². The molecule has 2 aromatic rings. The quantitative estimate of drug-likeness (QED) is 0.617. The number of para-hydroxylation sites is 1. The molecule has 3 rings (SSSR count). The van der Waals surface area contributed by atoms with Crippen LogP contribution in [0.25, 0.3) is 10.9 Å². The Balaban J connectivity index is 2.34. The molecule has 0 unspecified atom stereocenters. The summed E-state index contributed by atoms with van der Waals surface area (Å²) in [5, 5.41) is 1.32. The van der Waals surface area contributed by atoms with E-state index in [0.29, 0.717) is 0 Å². The van der Waals surface area contributed by atoms with Gasteiger partial charge in [-0.25, -0.2) is 0 Å². The number of aromatic nitrogens is 1. The van der Waals surface area contributed by atoms with Gasteiger partial charge in [0, 0.05) is 24.1 Å². The SMILES string of the molecule is C#CC1(c2cn(C)c3ccccc23)CC1. The Hall–Kier alpha value is -1.68. The molecule has 1 saturated carbocycles. The molecule has 0 saturated heterocycles. The molecule has 0 aliphatic heterocycles. The summed E-state index contributed by atoms with van der Waals surface area (Å²) in [6, 6.07) is 8.47. The Bertz CT molecular complexity index is 565. The Morgan fingerprint density at radius 2 is 2.07 bits per heavy atom. The van der Waals surface area contributed by atoms with Gasteiger partial charge in [-0.15, -0.1) is 6.42 Å². The molecule has 0 spiro atoms. The van der Waals surface area contributed by atoms with Gasteiger partial charge in [0.1, 0.15) is 0 Å². The summed E-state index contributed by atoms with van der Waals surface area (Å²) >= 11 is 0. The maximum atomic E-state index is 5.64. The summed E-state index contributed by atoms with van der Waals surface area (Å²) in [7, 11) is 2.08. The highest BCUT2D eigenvalue weighted by atomic mass is 14.9. The normalized spacial score (nSPS) is 17.6. The van der Waals surface area contributed by atoms with E-state index in [1.807, 2.05) is 0 Å². The van der Waals surface area contributed by atoms with E-state index in [-0.39, 0.29) is 5.41 Å². The number of hydrogen-bond acceptors (Lipinski definition) is 0. The lowest BCUT2D eigenvalue weighted by atomic mass is 9.97. The maximum absolute atomic E-state index is 5.64. The molecule has 0 amide bonds. The van der Waals surface area contributed by atoms with Crippen LogP contribution in [-0.4, -0.2) is 4.57 Å². The zero-order valence-corrected chi connectivity index (χ0v) is 8.83. The predicted molar refractivity (Wildman–Crippen MR) is 62.7 cm³/mol. The Kier molecular flexibility index (Phi) is 1.53. The average molecular weight is 195 g/mol. The van der Waals surface area contributed by atoms with Gasteiger partial charge in [0.05, 0.1) is 5.41 Å². The van der Waals surface area contributed by atoms with Crippen molar-refractivity contribution in [2.75, 3.05) is 0 Å². The number of rotatable bonds is 1. The van der Waals surface area contributed by atoms with Gasteiger partial charge in [-0.3, -0.25) is 0 Å². The topological polar surface area (TPSA) is 4.93 Å². The van der Waals surface area contributed by atoms with Crippen LogP contribution in [0.5, 0.6) is 0 Å². The van der Waals surface area contributed by atoms with Crippen LogP contribution in [0.2, 0.25) is 0 Å². The van der Waals surface area contributed by atoms with Crippen molar-refractivity contribution >= 4 is 10.9 Å². The number of aryl methyl sites for hydroxylation is 1.